The van der Waals surface area contributed by atoms with E-state index in [9.17, 15) is 4.79 Å². The molecule has 3 atom stereocenters. The highest BCUT2D eigenvalue weighted by Crippen LogP contribution is 2.22. The number of hydrogen-bond donors (Lipinski definition) is 2. The van der Waals surface area contributed by atoms with Gasteiger partial charge in [-0.05, 0) is 39.4 Å². The van der Waals surface area contributed by atoms with Crippen molar-refractivity contribution in [1.82, 2.24) is 10.2 Å². The first kappa shape index (κ1) is 12.5. The number of carboxylic acids is 1. The molecule has 1 fully saturated rings. The number of nitrogens with one attached hydrogen (secondary N) is 1. The van der Waals surface area contributed by atoms with E-state index in [-0.39, 0.29) is 5.92 Å². The van der Waals surface area contributed by atoms with E-state index >= 15 is 0 Å². The highest BCUT2D eigenvalue weighted by atomic mass is 16.4. The highest BCUT2D eigenvalue weighted by Gasteiger charge is 2.29. The Labute approximate surface area is 91.6 Å². The van der Waals surface area contributed by atoms with Crippen LogP contribution in [0.1, 0.15) is 19.8 Å². The Balaban J connectivity index is 2.45. The number of carbonyl (C=O) groups is 1. The molecule has 4 heteroatoms. The summed E-state index contributed by atoms with van der Waals surface area (Å²) in [5.74, 6) is -0.350. The van der Waals surface area contributed by atoms with Crippen molar-refractivity contribution in [2.24, 2.45) is 11.8 Å². The number of likely N-dealkylation sites (tertiary alicyclic amines) is 1. The van der Waals surface area contributed by atoms with Crippen molar-refractivity contribution in [3.63, 3.8) is 0 Å². The van der Waals surface area contributed by atoms with E-state index in [2.05, 4.69) is 17.3 Å². The predicted molar refractivity (Wildman–Crippen MR) is 59.9 cm³/mol. The Bertz CT molecular complexity index is 221. The van der Waals surface area contributed by atoms with Gasteiger partial charge in [-0.25, -0.2) is 0 Å². The molecule has 0 radical (unpaired) electrons. The van der Waals surface area contributed by atoms with Gasteiger partial charge in [-0.3, -0.25) is 4.79 Å². The summed E-state index contributed by atoms with van der Waals surface area (Å²) >= 11 is 0. The third-order valence-corrected chi connectivity index (χ3v) is 3.40. The Morgan fingerprint density at radius 3 is 2.73 bits per heavy atom. The fraction of sp³-hybridized carbons (Fsp3) is 0.909. The fourth-order valence-electron chi connectivity index (χ4n) is 2.33. The van der Waals surface area contributed by atoms with Gasteiger partial charge in [0.15, 0.2) is 0 Å². The monoisotopic (exact) mass is 214 g/mol. The third-order valence-electron chi connectivity index (χ3n) is 3.40. The topological polar surface area (TPSA) is 52.6 Å². The third kappa shape index (κ3) is 3.47. The molecule has 0 spiro atoms. The first-order chi connectivity index (χ1) is 7.04. The summed E-state index contributed by atoms with van der Waals surface area (Å²) < 4.78 is 0. The van der Waals surface area contributed by atoms with Crippen LogP contribution in [-0.2, 0) is 4.79 Å². The molecule has 1 aliphatic rings. The van der Waals surface area contributed by atoms with E-state index in [1.165, 1.54) is 6.42 Å². The van der Waals surface area contributed by atoms with Crippen LogP contribution >= 0.6 is 0 Å². The fourth-order valence-corrected chi connectivity index (χ4v) is 2.33. The number of aliphatic carboxylic acids is 1. The van der Waals surface area contributed by atoms with Gasteiger partial charge in [-0.2, -0.15) is 0 Å². The van der Waals surface area contributed by atoms with Crippen LogP contribution in [0.25, 0.3) is 0 Å². The Kier molecular flexibility index (Phi) is 4.54. The van der Waals surface area contributed by atoms with Gasteiger partial charge in [-0.15, -0.1) is 0 Å². The summed E-state index contributed by atoms with van der Waals surface area (Å²) in [4.78, 5) is 13.1. The molecule has 0 aromatic rings. The maximum absolute atomic E-state index is 10.8. The largest absolute Gasteiger partial charge is 0.481 e. The number of nitrogens with zero attached hydrogens (tertiary/aromatic N) is 1. The predicted octanol–water partition coefficient (Wildman–Crippen LogP) is 0.637. The molecule has 0 saturated carbocycles. The minimum atomic E-state index is -0.693. The van der Waals surface area contributed by atoms with Gasteiger partial charge < -0.3 is 15.3 Å². The number of rotatable bonds is 5. The lowest BCUT2D eigenvalue weighted by Gasteiger charge is -2.24. The lowest BCUT2D eigenvalue weighted by atomic mass is 9.91. The molecular formula is C11H22N2O2. The molecule has 2 N–H and O–H groups in total. The second-order valence-electron chi connectivity index (χ2n) is 4.68. The molecule has 88 valence electrons. The summed E-state index contributed by atoms with van der Waals surface area (Å²) in [6.07, 6.45) is 1.90. The number of carboxylic acid groups (broad SMARTS) is 1. The van der Waals surface area contributed by atoms with Gasteiger partial charge >= 0.3 is 5.97 Å². The van der Waals surface area contributed by atoms with Crippen molar-refractivity contribution in [1.29, 1.82) is 0 Å². The Morgan fingerprint density at radius 2 is 2.33 bits per heavy atom. The zero-order chi connectivity index (χ0) is 11.4. The average molecular weight is 214 g/mol. The first-order valence-electron chi connectivity index (χ1n) is 5.63. The van der Waals surface area contributed by atoms with Gasteiger partial charge in [0.1, 0.15) is 0 Å². The molecule has 1 saturated heterocycles. The van der Waals surface area contributed by atoms with Crippen LogP contribution in [0.3, 0.4) is 0 Å². The molecule has 0 aromatic heterocycles. The molecule has 15 heavy (non-hydrogen) atoms. The highest BCUT2D eigenvalue weighted by molar-refractivity contribution is 5.69. The summed E-state index contributed by atoms with van der Waals surface area (Å²) in [5, 5.41) is 12.1. The van der Waals surface area contributed by atoms with E-state index in [1.54, 1.807) is 6.92 Å². The minimum absolute atomic E-state index is 0.256. The van der Waals surface area contributed by atoms with Crippen molar-refractivity contribution in [3.05, 3.63) is 0 Å². The smallest absolute Gasteiger partial charge is 0.306 e. The molecule has 1 aliphatic heterocycles. The summed E-state index contributed by atoms with van der Waals surface area (Å²) in [5.41, 5.74) is 0. The molecule has 3 unspecified atom stereocenters. The van der Waals surface area contributed by atoms with Crippen LogP contribution in [0.15, 0.2) is 0 Å². The summed E-state index contributed by atoms with van der Waals surface area (Å²) in [6.45, 7) is 3.99. The SMILES string of the molecule is CNC(CC(C)C(=O)O)C1CCN(C)C1. The second kappa shape index (κ2) is 5.47. The number of hydrogen-bond acceptors (Lipinski definition) is 3. The molecule has 0 aromatic carbocycles. The lowest BCUT2D eigenvalue weighted by molar-refractivity contribution is -0.141. The molecular weight excluding hydrogens is 192 g/mol. The van der Waals surface area contributed by atoms with Crippen molar-refractivity contribution in [2.45, 2.75) is 25.8 Å². The zero-order valence-electron chi connectivity index (χ0n) is 9.86. The molecule has 0 aliphatic carbocycles. The van der Waals surface area contributed by atoms with Crippen molar-refractivity contribution >= 4 is 5.97 Å². The standard InChI is InChI=1S/C11H22N2O2/c1-8(11(14)15)6-10(12-2)9-4-5-13(3)7-9/h8-10,12H,4-7H2,1-3H3,(H,14,15). The van der Waals surface area contributed by atoms with Crippen LogP contribution in [0.5, 0.6) is 0 Å². The van der Waals surface area contributed by atoms with Gasteiger partial charge in [-0.1, -0.05) is 6.92 Å². The average Bonchev–Trinajstić information content (AvgIpc) is 2.60. The maximum Gasteiger partial charge on any atom is 0.306 e. The van der Waals surface area contributed by atoms with Crippen LogP contribution in [0.2, 0.25) is 0 Å². The molecule has 0 amide bonds. The summed E-state index contributed by atoms with van der Waals surface area (Å²) in [6, 6.07) is 0.334. The van der Waals surface area contributed by atoms with Crippen LogP contribution in [0.4, 0.5) is 0 Å². The van der Waals surface area contributed by atoms with Gasteiger partial charge in [0.05, 0.1) is 5.92 Å². The quantitative estimate of drug-likeness (QED) is 0.705. The van der Waals surface area contributed by atoms with Gasteiger partial charge in [0.2, 0.25) is 0 Å². The van der Waals surface area contributed by atoms with Crippen LogP contribution in [-0.4, -0.2) is 49.2 Å². The first-order valence-corrected chi connectivity index (χ1v) is 5.63. The lowest BCUT2D eigenvalue weighted by Crippen LogP contribution is -2.37. The minimum Gasteiger partial charge on any atom is -0.481 e. The van der Waals surface area contributed by atoms with E-state index in [4.69, 9.17) is 5.11 Å². The molecule has 4 nitrogen and oxygen atoms in total. The van der Waals surface area contributed by atoms with Gasteiger partial charge in [0.25, 0.3) is 0 Å². The second-order valence-corrected chi connectivity index (χ2v) is 4.68. The maximum atomic E-state index is 10.8. The summed E-state index contributed by atoms with van der Waals surface area (Å²) in [7, 11) is 4.05. The molecule has 0 bridgehead atoms. The van der Waals surface area contributed by atoms with Gasteiger partial charge in [0, 0.05) is 12.6 Å². The van der Waals surface area contributed by atoms with Crippen molar-refractivity contribution < 1.29 is 9.90 Å². The van der Waals surface area contributed by atoms with E-state index in [1.807, 2.05) is 7.05 Å². The Morgan fingerprint density at radius 1 is 1.67 bits per heavy atom. The van der Waals surface area contributed by atoms with Crippen molar-refractivity contribution in [3.8, 4) is 0 Å². The van der Waals surface area contributed by atoms with E-state index in [0.717, 1.165) is 19.5 Å². The van der Waals surface area contributed by atoms with Crippen molar-refractivity contribution in [2.75, 3.05) is 27.2 Å². The normalized spacial score (nSPS) is 26.5. The van der Waals surface area contributed by atoms with Crippen LogP contribution < -0.4 is 5.32 Å². The molecule has 1 rings (SSSR count). The van der Waals surface area contributed by atoms with E-state index in [0.29, 0.717) is 12.0 Å². The Hall–Kier alpha value is -0.610. The molecule has 1 heterocycles. The zero-order valence-corrected chi connectivity index (χ0v) is 9.86. The van der Waals surface area contributed by atoms with Crippen LogP contribution in [0, 0.1) is 11.8 Å². The van der Waals surface area contributed by atoms with E-state index < -0.39 is 5.97 Å².